The Bertz CT molecular complexity index is 1130. The third-order valence-electron chi connectivity index (χ3n) is 6.57. The van der Waals surface area contributed by atoms with Gasteiger partial charge in [-0.2, -0.15) is 4.31 Å². The number of benzene rings is 2. The molecule has 1 fully saturated rings. The summed E-state index contributed by atoms with van der Waals surface area (Å²) in [5.74, 6) is -0.619. The van der Waals surface area contributed by atoms with Crippen LogP contribution in [-0.2, 0) is 26.2 Å². The van der Waals surface area contributed by atoms with Crippen molar-refractivity contribution in [2.24, 2.45) is 0 Å². The maximum atomic E-state index is 13.6. The molecular formula is C26H34ClN3O4S. The normalized spacial score (nSPS) is 15.2. The molecule has 1 aliphatic rings. The number of aryl methyl sites for hydroxylation is 1. The monoisotopic (exact) mass is 519 g/mol. The largest absolute Gasteiger partial charge is 0.352 e. The Morgan fingerprint density at radius 3 is 2.31 bits per heavy atom. The van der Waals surface area contributed by atoms with E-state index in [0.717, 1.165) is 41.1 Å². The van der Waals surface area contributed by atoms with Gasteiger partial charge in [0.1, 0.15) is 6.04 Å². The zero-order chi connectivity index (χ0) is 25.6. The molecule has 3 rings (SSSR count). The van der Waals surface area contributed by atoms with Gasteiger partial charge in [0.2, 0.25) is 21.8 Å². The van der Waals surface area contributed by atoms with E-state index in [4.69, 9.17) is 11.6 Å². The van der Waals surface area contributed by atoms with E-state index >= 15 is 0 Å². The molecule has 1 unspecified atom stereocenters. The van der Waals surface area contributed by atoms with Crippen molar-refractivity contribution in [1.82, 2.24) is 14.5 Å². The lowest BCUT2D eigenvalue weighted by Gasteiger charge is -2.33. The Hall–Kier alpha value is -2.42. The van der Waals surface area contributed by atoms with Gasteiger partial charge in [-0.1, -0.05) is 55.6 Å². The molecule has 9 heteroatoms. The van der Waals surface area contributed by atoms with E-state index in [9.17, 15) is 18.0 Å². The third-order valence-corrected chi connectivity index (χ3v) is 8.64. The molecule has 1 N–H and O–H groups in total. The summed E-state index contributed by atoms with van der Waals surface area (Å²) < 4.78 is 27.1. The van der Waals surface area contributed by atoms with Crippen molar-refractivity contribution in [2.45, 2.75) is 69.5 Å². The van der Waals surface area contributed by atoms with Crippen LogP contribution in [-0.4, -0.2) is 55.1 Å². The molecule has 7 nitrogen and oxygen atoms in total. The first kappa shape index (κ1) is 27.2. The molecule has 0 spiro atoms. The molecule has 0 heterocycles. The molecule has 0 aromatic heterocycles. The molecule has 2 aromatic rings. The first-order valence-corrected chi connectivity index (χ1v) is 13.8. The number of hydrogen-bond acceptors (Lipinski definition) is 4. The molecule has 2 aromatic carbocycles. The highest BCUT2D eigenvalue weighted by molar-refractivity contribution is 7.89. The van der Waals surface area contributed by atoms with E-state index in [2.05, 4.69) is 5.32 Å². The van der Waals surface area contributed by atoms with E-state index in [1.807, 2.05) is 38.1 Å². The van der Waals surface area contributed by atoms with Gasteiger partial charge in [-0.15, -0.1) is 0 Å². The highest BCUT2D eigenvalue weighted by atomic mass is 35.5. The molecule has 1 aliphatic carbocycles. The van der Waals surface area contributed by atoms with Crippen molar-refractivity contribution in [2.75, 3.05) is 13.6 Å². The lowest BCUT2D eigenvalue weighted by molar-refractivity contribution is -0.141. The first-order valence-electron chi connectivity index (χ1n) is 12.0. The minimum atomic E-state index is -3.91. The number of nitrogens with one attached hydrogen (secondary N) is 1. The summed E-state index contributed by atoms with van der Waals surface area (Å²) in [5, 5.41) is 3.53. The Labute approximate surface area is 213 Å². The summed E-state index contributed by atoms with van der Waals surface area (Å²) >= 11 is 5.89. The zero-order valence-electron chi connectivity index (χ0n) is 20.5. The number of amides is 2. The van der Waals surface area contributed by atoms with E-state index in [-0.39, 0.29) is 29.9 Å². The van der Waals surface area contributed by atoms with Crippen molar-refractivity contribution in [3.05, 3.63) is 64.7 Å². The van der Waals surface area contributed by atoms with Crippen LogP contribution in [0.2, 0.25) is 5.02 Å². The number of likely N-dealkylation sites (N-methyl/N-ethyl adjacent to an activating group) is 1. The second-order valence-electron chi connectivity index (χ2n) is 9.08. The van der Waals surface area contributed by atoms with E-state index in [1.165, 1.54) is 36.2 Å². The van der Waals surface area contributed by atoms with Crippen LogP contribution >= 0.6 is 11.6 Å². The van der Waals surface area contributed by atoms with Crippen molar-refractivity contribution < 1.29 is 18.0 Å². The SMILES string of the molecule is CCC(C(=O)NC1CCCC1)N(Cc1ccccc1C)C(=O)CN(C)S(=O)(=O)c1ccc(Cl)cc1. The Morgan fingerprint density at radius 2 is 1.71 bits per heavy atom. The quantitative estimate of drug-likeness (QED) is 0.511. The number of sulfonamides is 1. The number of carbonyl (C=O) groups is 2. The number of rotatable bonds is 10. The van der Waals surface area contributed by atoms with Gasteiger partial charge in [-0.05, 0) is 61.6 Å². The summed E-state index contributed by atoms with van der Waals surface area (Å²) in [5.41, 5.74) is 1.91. The Kier molecular flexibility index (Phi) is 9.33. The van der Waals surface area contributed by atoms with Gasteiger partial charge < -0.3 is 10.2 Å². The van der Waals surface area contributed by atoms with Crippen LogP contribution in [0.1, 0.15) is 50.2 Å². The van der Waals surface area contributed by atoms with Crippen molar-refractivity contribution in [3.63, 3.8) is 0 Å². The molecule has 2 amide bonds. The first-order chi connectivity index (χ1) is 16.6. The van der Waals surface area contributed by atoms with Crippen LogP contribution in [0, 0.1) is 6.92 Å². The molecular weight excluding hydrogens is 486 g/mol. The minimum Gasteiger partial charge on any atom is -0.352 e. The molecule has 0 radical (unpaired) electrons. The summed E-state index contributed by atoms with van der Waals surface area (Å²) in [4.78, 5) is 28.4. The van der Waals surface area contributed by atoms with Crippen molar-refractivity contribution in [1.29, 1.82) is 0 Å². The molecule has 190 valence electrons. The highest BCUT2D eigenvalue weighted by Crippen LogP contribution is 2.21. The maximum absolute atomic E-state index is 13.6. The molecule has 0 bridgehead atoms. The highest BCUT2D eigenvalue weighted by Gasteiger charge is 2.33. The van der Waals surface area contributed by atoms with Crippen LogP contribution in [0.4, 0.5) is 0 Å². The van der Waals surface area contributed by atoms with Gasteiger partial charge in [-0.3, -0.25) is 9.59 Å². The summed E-state index contributed by atoms with van der Waals surface area (Å²) in [6.45, 7) is 3.65. The third kappa shape index (κ3) is 6.84. The molecule has 0 aliphatic heterocycles. The van der Waals surface area contributed by atoms with Gasteiger partial charge in [0, 0.05) is 24.7 Å². The van der Waals surface area contributed by atoms with Crippen molar-refractivity contribution in [3.8, 4) is 0 Å². The fraction of sp³-hybridized carbons (Fsp3) is 0.462. The lowest BCUT2D eigenvalue weighted by atomic mass is 10.1. The lowest BCUT2D eigenvalue weighted by Crippen LogP contribution is -2.53. The average Bonchev–Trinajstić information content (AvgIpc) is 3.33. The van der Waals surface area contributed by atoms with Crippen LogP contribution in [0.25, 0.3) is 0 Å². The van der Waals surface area contributed by atoms with E-state index in [1.54, 1.807) is 0 Å². The number of hydrogen-bond donors (Lipinski definition) is 1. The van der Waals surface area contributed by atoms with Crippen molar-refractivity contribution >= 4 is 33.4 Å². The molecule has 0 saturated heterocycles. The Morgan fingerprint density at radius 1 is 1.09 bits per heavy atom. The van der Waals surface area contributed by atoms with Gasteiger partial charge in [0.25, 0.3) is 0 Å². The van der Waals surface area contributed by atoms with Gasteiger partial charge in [0.05, 0.1) is 11.4 Å². The maximum Gasteiger partial charge on any atom is 0.243 e. The van der Waals surface area contributed by atoms with Gasteiger partial charge >= 0.3 is 0 Å². The van der Waals surface area contributed by atoms with Crippen LogP contribution in [0.15, 0.2) is 53.4 Å². The second-order valence-corrected chi connectivity index (χ2v) is 11.6. The summed E-state index contributed by atoms with van der Waals surface area (Å²) in [6.07, 6.45) is 4.47. The standard InChI is InChI=1S/C26H34ClN3O4S/c1-4-24(26(32)28-22-11-7-8-12-22)30(17-20-10-6-5-9-19(20)2)25(31)18-29(3)35(33,34)23-15-13-21(27)14-16-23/h5-6,9-10,13-16,22,24H,4,7-8,11-12,17-18H2,1-3H3,(H,28,32). The molecule has 1 saturated carbocycles. The fourth-order valence-corrected chi connectivity index (χ4v) is 5.66. The average molecular weight is 520 g/mol. The summed E-state index contributed by atoms with van der Waals surface area (Å²) in [7, 11) is -2.54. The Balaban J connectivity index is 1.85. The minimum absolute atomic E-state index is 0.0497. The van der Waals surface area contributed by atoms with Crippen LogP contribution in [0.5, 0.6) is 0 Å². The predicted octanol–water partition coefficient (Wildman–Crippen LogP) is 4.14. The van der Waals surface area contributed by atoms with Gasteiger partial charge in [0.15, 0.2) is 0 Å². The number of halogens is 1. The fourth-order valence-electron chi connectivity index (χ4n) is 4.41. The van der Waals surface area contributed by atoms with Crippen LogP contribution < -0.4 is 5.32 Å². The van der Waals surface area contributed by atoms with E-state index < -0.39 is 22.0 Å². The zero-order valence-corrected chi connectivity index (χ0v) is 22.1. The van der Waals surface area contributed by atoms with Gasteiger partial charge in [-0.25, -0.2) is 8.42 Å². The summed E-state index contributed by atoms with van der Waals surface area (Å²) in [6, 6.07) is 12.9. The molecule has 35 heavy (non-hydrogen) atoms. The number of nitrogens with zero attached hydrogens (tertiary/aromatic N) is 2. The topological polar surface area (TPSA) is 86.8 Å². The molecule has 1 atom stereocenters. The number of carbonyl (C=O) groups excluding carboxylic acids is 2. The van der Waals surface area contributed by atoms with Crippen LogP contribution in [0.3, 0.4) is 0 Å². The smallest absolute Gasteiger partial charge is 0.243 e. The predicted molar refractivity (Wildman–Crippen MR) is 137 cm³/mol. The second kappa shape index (κ2) is 12.0. The van der Waals surface area contributed by atoms with E-state index in [0.29, 0.717) is 11.4 Å².